The van der Waals surface area contributed by atoms with Gasteiger partial charge in [0.1, 0.15) is 6.20 Å². The molecule has 0 amide bonds. The van der Waals surface area contributed by atoms with E-state index < -0.39 is 4.92 Å². The van der Waals surface area contributed by atoms with Crippen LogP contribution in [-0.4, -0.2) is 27.5 Å². The number of nitro groups is 1. The lowest BCUT2D eigenvalue weighted by molar-refractivity contribution is -0.384. The summed E-state index contributed by atoms with van der Waals surface area (Å²) in [6.07, 6.45) is 4.34. The van der Waals surface area contributed by atoms with E-state index in [0.717, 1.165) is 25.8 Å². The van der Waals surface area contributed by atoms with Crippen LogP contribution in [0.1, 0.15) is 33.1 Å². The number of anilines is 2. The van der Waals surface area contributed by atoms with Gasteiger partial charge in [0, 0.05) is 12.6 Å². The predicted octanol–water partition coefficient (Wildman–Crippen LogP) is 2.42. The third kappa shape index (κ3) is 3.30. The van der Waals surface area contributed by atoms with E-state index in [-0.39, 0.29) is 5.69 Å². The van der Waals surface area contributed by atoms with Crippen LogP contribution in [0.4, 0.5) is 17.5 Å². The largest absolute Gasteiger partial charge is 0.361 e. The van der Waals surface area contributed by atoms with Crippen molar-refractivity contribution in [3.63, 3.8) is 0 Å². The van der Waals surface area contributed by atoms with Gasteiger partial charge < -0.3 is 10.6 Å². The van der Waals surface area contributed by atoms with Gasteiger partial charge >= 0.3 is 5.69 Å². The van der Waals surface area contributed by atoms with Crippen LogP contribution in [0.15, 0.2) is 6.20 Å². The van der Waals surface area contributed by atoms with Gasteiger partial charge in [0.2, 0.25) is 11.8 Å². The van der Waals surface area contributed by atoms with Crippen LogP contribution in [0.3, 0.4) is 0 Å². The standard InChI is InChI=1S/C12H19N5O2/c1-3-5-13-12-14-7-10(17(18)19)11(16-12)15-9-6-8(9)4-2/h7-9H,3-6H2,1-2H3,(H2,13,14,15,16). The van der Waals surface area contributed by atoms with Crippen molar-refractivity contribution in [2.75, 3.05) is 17.2 Å². The lowest BCUT2D eigenvalue weighted by Gasteiger charge is -2.08. The number of aromatic nitrogens is 2. The SMILES string of the molecule is CCCNc1ncc([N+](=O)[O-])c(NC2CC2CC)n1. The van der Waals surface area contributed by atoms with E-state index in [1.165, 1.54) is 6.20 Å². The Hall–Kier alpha value is -1.92. The summed E-state index contributed by atoms with van der Waals surface area (Å²) in [6.45, 7) is 4.90. The predicted molar refractivity (Wildman–Crippen MR) is 73.3 cm³/mol. The van der Waals surface area contributed by atoms with Gasteiger partial charge in [-0.05, 0) is 18.8 Å². The molecule has 0 radical (unpaired) electrons. The molecule has 1 heterocycles. The highest BCUT2D eigenvalue weighted by molar-refractivity contribution is 5.58. The summed E-state index contributed by atoms with van der Waals surface area (Å²) >= 11 is 0. The molecule has 7 heteroatoms. The molecule has 0 spiro atoms. The van der Waals surface area contributed by atoms with E-state index in [9.17, 15) is 10.1 Å². The summed E-state index contributed by atoms with van der Waals surface area (Å²) in [7, 11) is 0. The van der Waals surface area contributed by atoms with Crippen molar-refractivity contribution in [1.82, 2.24) is 9.97 Å². The molecule has 0 bridgehead atoms. The number of rotatable bonds is 7. The van der Waals surface area contributed by atoms with Gasteiger partial charge in [-0.15, -0.1) is 0 Å². The maximum atomic E-state index is 11.0. The molecule has 2 N–H and O–H groups in total. The van der Waals surface area contributed by atoms with Crippen LogP contribution >= 0.6 is 0 Å². The zero-order chi connectivity index (χ0) is 13.8. The molecule has 2 unspecified atom stereocenters. The summed E-state index contributed by atoms with van der Waals surface area (Å²) in [5.74, 6) is 1.35. The van der Waals surface area contributed by atoms with Crippen LogP contribution in [0.2, 0.25) is 0 Å². The highest BCUT2D eigenvalue weighted by atomic mass is 16.6. The average Bonchev–Trinajstić information content (AvgIpc) is 3.14. The van der Waals surface area contributed by atoms with E-state index in [2.05, 4.69) is 27.5 Å². The topological polar surface area (TPSA) is 93.0 Å². The molecule has 1 aromatic heterocycles. The Morgan fingerprint density at radius 1 is 1.53 bits per heavy atom. The van der Waals surface area contributed by atoms with E-state index in [1.54, 1.807) is 0 Å². The first-order valence-electron chi connectivity index (χ1n) is 6.67. The van der Waals surface area contributed by atoms with Crippen LogP contribution in [0.5, 0.6) is 0 Å². The molecule has 2 rings (SSSR count). The lowest BCUT2D eigenvalue weighted by Crippen LogP contribution is -2.12. The van der Waals surface area contributed by atoms with Crippen LogP contribution in [0, 0.1) is 16.0 Å². The second-order valence-electron chi connectivity index (χ2n) is 4.77. The van der Waals surface area contributed by atoms with Gasteiger partial charge in [0.15, 0.2) is 0 Å². The number of hydrogen-bond donors (Lipinski definition) is 2. The fraction of sp³-hybridized carbons (Fsp3) is 0.667. The molecule has 0 aromatic carbocycles. The zero-order valence-corrected chi connectivity index (χ0v) is 11.2. The molecule has 1 aromatic rings. The quantitative estimate of drug-likeness (QED) is 0.581. The van der Waals surface area contributed by atoms with E-state index >= 15 is 0 Å². The van der Waals surface area contributed by atoms with Gasteiger partial charge in [-0.1, -0.05) is 20.3 Å². The van der Waals surface area contributed by atoms with Gasteiger partial charge in [0.05, 0.1) is 4.92 Å². The molecule has 2 atom stereocenters. The van der Waals surface area contributed by atoms with Crippen LogP contribution in [0.25, 0.3) is 0 Å². The molecule has 1 aliphatic carbocycles. The Balaban J connectivity index is 2.14. The number of nitrogens with zero attached hydrogens (tertiary/aromatic N) is 3. The van der Waals surface area contributed by atoms with Crippen molar-refractivity contribution in [3.05, 3.63) is 16.3 Å². The fourth-order valence-corrected chi connectivity index (χ4v) is 1.99. The summed E-state index contributed by atoms with van der Waals surface area (Å²) in [4.78, 5) is 18.7. The summed E-state index contributed by atoms with van der Waals surface area (Å²) in [6, 6.07) is 0.303. The zero-order valence-electron chi connectivity index (χ0n) is 11.2. The smallest absolute Gasteiger partial charge is 0.329 e. The number of nitrogens with one attached hydrogen (secondary N) is 2. The molecule has 19 heavy (non-hydrogen) atoms. The van der Waals surface area contributed by atoms with Crippen molar-refractivity contribution in [3.8, 4) is 0 Å². The maximum absolute atomic E-state index is 11.0. The highest BCUT2D eigenvalue weighted by Crippen LogP contribution is 2.37. The third-order valence-corrected chi connectivity index (χ3v) is 3.27. The van der Waals surface area contributed by atoms with Gasteiger partial charge in [-0.25, -0.2) is 4.98 Å². The molecule has 104 valence electrons. The normalized spacial score (nSPS) is 20.9. The average molecular weight is 265 g/mol. The van der Waals surface area contributed by atoms with Gasteiger partial charge in [0.25, 0.3) is 0 Å². The first-order valence-corrected chi connectivity index (χ1v) is 6.67. The van der Waals surface area contributed by atoms with Crippen molar-refractivity contribution >= 4 is 17.5 Å². The molecule has 1 fully saturated rings. The molecule has 0 aliphatic heterocycles. The summed E-state index contributed by atoms with van der Waals surface area (Å²) in [5, 5.41) is 17.2. The Labute approximate surface area is 112 Å². The molecular weight excluding hydrogens is 246 g/mol. The maximum Gasteiger partial charge on any atom is 0.329 e. The summed E-state index contributed by atoms with van der Waals surface area (Å²) in [5.41, 5.74) is -0.0659. The van der Waals surface area contributed by atoms with Gasteiger partial charge in [-0.2, -0.15) is 4.98 Å². The van der Waals surface area contributed by atoms with E-state index in [1.807, 2.05) is 6.92 Å². The number of hydrogen-bond acceptors (Lipinski definition) is 6. The molecular formula is C12H19N5O2. The van der Waals surface area contributed by atoms with Crippen molar-refractivity contribution in [1.29, 1.82) is 0 Å². The monoisotopic (exact) mass is 265 g/mol. The van der Waals surface area contributed by atoms with Gasteiger partial charge in [-0.3, -0.25) is 10.1 Å². The minimum Gasteiger partial charge on any atom is -0.361 e. The fourth-order valence-electron chi connectivity index (χ4n) is 1.99. The Bertz CT molecular complexity index is 465. The molecule has 0 saturated heterocycles. The molecule has 1 saturated carbocycles. The van der Waals surface area contributed by atoms with Crippen LogP contribution < -0.4 is 10.6 Å². The lowest BCUT2D eigenvalue weighted by atomic mass is 10.3. The minimum atomic E-state index is -0.449. The summed E-state index contributed by atoms with van der Waals surface area (Å²) < 4.78 is 0. The third-order valence-electron chi connectivity index (χ3n) is 3.27. The van der Waals surface area contributed by atoms with Crippen molar-refractivity contribution in [2.24, 2.45) is 5.92 Å². The van der Waals surface area contributed by atoms with Crippen LogP contribution in [-0.2, 0) is 0 Å². The Morgan fingerprint density at radius 3 is 2.89 bits per heavy atom. The van der Waals surface area contributed by atoms with E-state index in [4.69, 9.17) is 0 Å². The molecule has 7 nitrogen and oxygen atoms in total. The molecule has 1 aliphatic rings. The Kier molecular flexibility index (Phi) is 4.13. The second-order valence-corrected chi connectivity index (χ2v) is 4.77. The Morgan fingerprint density at radius 2 is 2.32 bits per heavy atom. The highest BCUT2D eigenvalue weighted by Gasteiger charge is 2.37. The second kappa shape index (κ2) is 5.81. The van der Waals surface area contributed by atoms with E-state index in [0.29, 0.717) is 23.7 Å². The minimum absolute atomic E-state index is 0.0659. The van der Waals surface area contributed by atoms with Crippen molar-refractivity contribution in [2.45, 2.75) is 39.2 Å². The van der Waals surface area contributed by atoms with Crippen molar-refractivity contribution < 1.29 is 4.92 Å². The first kappa shape index (κ1) is 13.5. The first-order chi connectivity index (χ1) is 9.15.